The molecular weight excluding hydrogens is 372 g/mol. The zero-order chi connectivity index (χ0) is 16.9. The average molecular weight is 389 g/mol. The average Bonchev–Trinajstić information content (AvgIpc) is 2.64. The Morgan fingerprint density at radius 3 is 2.29 bits per heavy atom. The molecule has 1 fully saturated rings. The molecule has 1 aliphatic heterocycles. The van der Waals surface area contributed by atoms with E-state index in [1.807, 2.05) is 29.2 Å². The maximum absolute atomic E-state index is 12.4. The Morgan fingerprint density at radius 1 is 1.00 bits per heavy atom. The number of piperazine rings is 1. The summed E-state index contributed by atoms with van der Waals surface area (Å²) in [5, 5.41) is 0. The fourth-order valence-electron chi connectivity index (χ4n) is 2.62. The smallest absolute Gasteiger partial charge is 0.274 e. The number of nitrogens with zero attached hydrogens (tertiary/aromatic N) is 4. The maximum atomic E-state index is 12.4. The molecule has 1 aromatic carbocycles. The zero-order valence-electron chi connectivity index (χ0n) is 13.1. The number of benzene rings is 1. The third-order valence-corrected chi connectivity index (χ3v) is 4.50. The highest BCUT2D eigenvalue weighted by molar-refractivity contribution is 9.10. The number of hydrogen-bond donors (Lipinski definition) is 0. The molecule has 0 saturated carbocycles. The normalized spacial score (nSPS) is 14.5. The lowest BCUT2D eigenvalue weighted by atomic mass is 10.1. The van der Waals surface area contributed by atoms with Gasteiger partial charge in [-0.1, -0.05) is 28.1 Å². The van der Waals surface area contributed by atoms with E-state index < -0.39 is 0 Å². The molecule has 7 heteroatoms. The number of halogens is 1. The van der Waals surface area contributed by atoms with E-state index in [0.717, 1.165) is 10.0 Å². The predicted octanol–water partition coefficient (Wildman–Crippen LogP) is 1.77. The molecule has 6 nitrogen and oxygen atoms in total. The van der Waals surface area contributed by atoms with E-state index in [1.165, 1.54) is 18.6 Å². The van der Waals surface area contributed by atoms with Crippen LogP contribution in [0.2, 0.25) is 0 Å². The lowest BCUT2D eigenvalue weighted by molar-refractivity contribution is -0.131. The number of aromatic nitrogens is 2. The Bertz CT molecular complexity index is 713. The summed E-state index contributed by atoms with van der Waals surface area (Å²) < 4.78 is 0.995. The first kappa shape index (κ1) is 16.6. The monoisotopic (exact) mass is 388 g/mol. The third-order valence-electron chi connectivity index (χ3n) is 3.97. The minimum absolute atomic E-state index is 0.0870. The van der Waals surface area contributed by atoms with Crippen LogP contribution in [-0.2, 0) is 11.2 Å². The van der Waals surface area contributed by atoms with Crippen molar-refractivity contribution in [3.05, 3.63) is 58.6 Å². The van der Waals surface area contributed by atoms with Crippen LogP contribution in [0.5, 0.6) is 0 Å². The van der Waals surface area contributed by atoms with Gasteiger partial charge in [-0.15, -0.1) is 0 Å². The van der Waals surface area contributed by atoms with Gasteiger partial charge in [-0.05, 0) is 17.7 Å². The van der Waals surface area contributed by atoms with Crippen LogP contribution in [0, 0.1) is 0 Å². The quantitative estimate of drug-likeness (QED) is 0.803. The molecule has 0 N–H and O–H groups in total. The fourth-order valence-corrected chi connectivity index (χ4v) is 2.88. The number of amides is 2. The van der Waals surface area contributed by atoms with Crippen LogP contribution in [0.4, 0.5) is 0 Å². The molecule has 2 aromatic rings. The highest BCUT2D eigenvalue weighted by atomic mass is 79.9. The van der Waals surface area contributed by atoms with Crippen LogP contribution in [0.25, 0.3) is 0 Å². The molecule has 1 aromatic heterocycles. The van der Waals surface area contributed by atoms with Gasteiger partial charge < -0.3 is 9.80 Å². The summed E-state index contributed by atoms with van der Waals surface area (Å²) in [6.45, 7) is 2.12. The SMILES string of the molecule is O=C(Cc1ccc(Br)cc1)N1CCN(C(=O)c2cnccn2)CC1. The van der Waals surface area contributed by atoms with Crippen molar-refractivity contribution in [1.29, 1.82) is 0 Å². The Kier molecular flexibility index (Phi) is 5.20. The van der Waals surface area contributed by atoms with E-state index in [2.05, 4.69) is 25.9 Å². The van der Waals surface area contributed by atoms with Gasteiger partial charge >= 0.3 is 0 Å². The van der Waals surface area contributed by atoms with Crippen molar-refractivity contribution in [2.45, 2.75) is 6.42 Å². The molecular formula is C17H17BrN4O2. The first-order valence-electron chi connectivity index (χ1n) is 7.71. The van der Waals surface area contributed by atoms with E-state index >= 15 is 0 Å². The Labute approximate surface area is 148 Å². The molecule has 1 saturated heterocycles. The summed E-state index contributed by atoms with van der Waals surface area (Å²) in [4.78, 5) is 36.2. The topological polar surface area (TPSA) is 66.4 Å². The van der Waals surface area contributed by atoms with E-state index in [4.69, 9.17) is 0 Å². The summed E-state index contributed by atoms with van der Waals surface area (Å²) in [7, 11) is 0. The van der Waals surface area contributed by atoms with Gasteiger partial charge in [0.2, 0.25) is 5.91 Å². The van der Waals surface area contributed by atoms with E-state index in [0.29, 0.717) is 38.3 Å². The van der Waals surface area contributed by atoms with Crippen LogP contribution in [0.3, 0.4) is 0 Å². The van der Waals surface area contributed by atoms with Crippen LogP contribution in [0.1, 0.15) is 16.1 Å². The molecule has 0 aliphatic carbocycles. The van der Waals surface area contributed by atoms with Crippen molar-refractivity contribution >= 4 is 27.7 Å². The van der Waals surface area contributed by atoms with Crippen molar-refractivity contribution in [3.8, 4) is 0 Å². The second-order valence-electron chi connectivity index (χ2n) is 5.57. The lowest BCUT2D eigenvalue weighted by Crippen LogP contribution is -2.51. The highest BCUT2D eigenvalue weighted by Crippen LogP contribution is 2.13. The van der Waals surface area contributed by atoms with Gasteiger partial charge in [0.1, 0.15) is 5.69 Å². The molecule has 124 valence electrons. The summed E-state index contributed by atoms with van der Waals surface area (Å²) in [6, 6.07) is 7.74. The third kappa shape index (κ3) is 3.97. The largest absolute Gasteiger partial charge is 0.339 e. The van der Waals surface area contributed by atoms with Crippen molar-refractivity contribution in [1.82, 2.24) is 19.8 Å². The first-order chi connectivity index (χ1) is 11.6. The van der Waals surface area contributed by atoms with Crippen molar-refractivity contribution in [3.63, 3.8) is 0 Å². The fraction of sp³-hybridized carbons (Fsp3) is 0.294. The molecule has 24 heavy (non-hydrogen) atoms. The summed E-state index contributed by atoms with van der Waals surface area (Å²) in [6.07, 6.45) is 4.89. The van der Waals surface area contributed by atoms with Gasteiger partial charge in [0, 0.05) is 43.0 Å². The van der Waals surface area contributed by atoms with Crippen molar-refractivity contribution < 1.29 is 9.59 Å². The number of carbonyl (C=O) groups excluding carboxylic acids is 2. The van der Waals surface area contributed by atoms with Crippen LogP contribution in [-0.4, -0.2) is 57.8 Å². The van der Waals surface area contributed by atoms with E-state index in [1.54, 1.807) is 4.90 Å². The molecule has 3 rings (SSSR count). The standard InChI is InChI=1S/C17H17BrN4O2/c18-14-3-1-13(2-4-14)11-16(23)21-7-9-22(10-8-21)17(24)15-12-19-5-6-20-15/h1-6,12H,7-11H2. The minimum Gasteiger partial charge on any atom is -0.339 e. The van der Waals surface area contributed by atoms with Gasteiger partial charge in [-0.2, -0.15) is 0 Å². The van der Waals surface area contributed by atoms with Crippen LogP contribution < -0.4 is 0 Å². The van der Waals surface area contributed by atoms with Gasteiger partial charge in [-0.3, -0.25) is 14.6 Å². The molecule has 2 heterocycles. The van der Waals surface area contributed by atoms with Gasteiger partial charge in [0.15, 0.2) is 0 Å². The summed E-state index contributed by atoms with van der Waals surface area (Å²) in [5.41, 5.74) is 1.33. The molecule has 0 radical (unpaired) electrons. The zero-order valence-corrected chi connectivity index (χ0v) is 14.6. The molecule has 0 bridgehead atoms. The van der Waals surface area contributed by atoms with Crippen molar-refractivity contribution in [2.24, 2.45) is 0 Å². The molecule has 0 unspecified atom stereocenters. The molecule has 0 spiro atoms. The summed E-state index contributed by atoms with van der Waals surface area (Å²) in [5.74, 6) is -0.0490. The Morgan fingerprint density at radius 2 is 1.67 bits per heavy atom. The first-order valence-corrected chi connectivity index (χ1v) is 8.50. The maximum Gasteiger partial charge on any atom is 0.274 e. The predicted molar refractivity (Wildman–Crippen MR) is 92.4 cm³/mol. The molecule has 0 atom stereocenters. The Balaban J connectivity index is 1.54. The van der Waals surface area contributed by atoms with Crippen LogP contribution in [0.15, 0.2) is 47.3 Å². The van der Waals surface area contributed by atoms with Crippen molar-refractivity contribution in [2.75, 3.05) is 26.2 Å². The molecule has 1 aliphatic rings. The second kappa shape index (κ2) is 7.53. The van der Waals surface area contributed by atoms with Gasteiger partial charge in [0.25, 0.3) is 5.91 Å². The lowest BCUT2D eigenvalue weighted by Gasteiger charge is -2.34. The van der Waals surface area contributed by atoms with Gasteiger partial charge in [0.05, 0.1) is 12.6 Å². The van der Waals surface area contributed by atoms with E-state index in [9.17, 15) is 9.59 Å². The van der Waals surface area contributed by atoms with E-state index in [-0.39, 0.29) is 11.8 Å². The number of carbonyl (C=O) groups is 2. The van der Waals surface area contributed by atoms with Crippen LogP contribution >= 0.6 is 15.9 Å². The Hall–Kier alpha value is -2.28. The second-order valence-corrected chi connectivity index (χ2v) is 6.48. The highest BCUT2D eigenvalue weighted by Gasteiger charge is 2.25. The number of rotatable bonds is 3. The van der Waals surface area contributed by atoms with Gasteiger partial charge in [-0.25, -0.2) is 4.98 Å². The minimum atomic E-state index is -0.136. The molecule has 2 amide bonds. The number of hydrogen-bond acceptors (Lipinski definition) is 4. The summed E-state index contributed by atoms with van der Waals surface area (Å²) >= 11 is 3.39.